The van der Waals surface area contributed by atoms with Crippen LogP contribution in [0.2, 0.25) is 0 Å². The van der Waals surface area contributed by atoms with Crippen molar-refractivity contribution in [2.24, 2.45) is 5.73 Å². The number of rotatable bonds is 6. The normalized spacial score (nSPS) is 14.8. The van der Waals surface area contributed by atoms with E-state index in [4.69, 9.17) is 15.6 Å². The molecule has 0 aliphatic rings. The summed E-state index contributed by atoms with van der Waals surface area (Å²) in [5.74, 6) is 0. The van der Waals surface area contributed by atoms with Gasteiger partial charge in [-0.15, -0.1) is 0 Å². The van der Waals surface area contributed by atoms with Crippen LogP contribution < -0.4 is 10.5 Å². The summed E-state index contributed by atoms with van der Waals surface area (Å²) >= 11 is 0. The van der Waals surface area contributed by atoms with Gasteiger partial charge in [-0.3, -0.25) is 0 Å². The van der Waals surface area contributed by atoms with Crippen LogP contribution in [0.4, 0.5) is 0 Å². The van der Waals surface area contributed by atoms with E-state index in [2.05, 4.69) is 9.97 Å². The van der Waals surface area contributed by atoms with E-state index < -0.39 is 12.1 Å². The van der Waals surface area contributed by atoms with Crippen molar-refractivity contribution in [3.63, 3.8) is 0 Å². The van der Waals surface area contributed by atoms with Gasteiger partial charge in [0.05, 0.1) is 24.6 Å². The van der Waals surface area contributed by atoms with Gasteiger partial charge >= 0.3 is 0 Å². The molecule has 2 atom stereocenters. The number of aliphatic hydroxyl groups is 2. The summed E-state index contributed by atoms with van der Waals surface area (Å²) in [4.78, 5) is 6.87. The number of aromatic amines is 1. The van der Waals surface area contributed by atoms with Crippen molar-refractivity contribution in [2.45, 2.75) is 39.0 Å². The molecule has 1 rings (SSSR count). The van der Waals surface area contributed by atoms with Crippen LogP contribution in [0.15, 0.2) is 0 Å². The third kappa shape index (κ3) is 2.72. The Morgan fingerprint density at radius 1 is 1.50 bits per heavy atom. The van der Waals surface area contributed by atoms with Gasteiger partial charge in [0, 0.05) is 6.04 Å². The van der Waals surface area contributed by atoms with Crippen molar-refractivity contribution in [3.05, 3.63) is 11.4 Å². The first kappa shape index (κ1) is 13.0. The summed E-state index contributed by atoms with van der Waals surface area (Å²) < 4.78 is 5.16. The lowest BCUT2D eigenvalue weighted by molar-refractivity contribution is 0.136. The molecule has 16 heavy (non-hydrogen) atoms. The molecular formula is C10H19N3O3. The third-order valence-corrected chi connectivity index (χ3v) is 2.39. The zero-order valence-corrected chi connectivity index (χ0v) is 9.60. The number of hydrogen-bond donors (Lipinski definition) is 4. The minimum Gasteiger partial charge on any atom is -0.465 e. The van der Waals surface area contributed by atoms with E-state index in [-0.39, 0.29) is 6.61 Å². The molecule has 6 nitrogen and oxygen atoms in total. The molecule has 0 fully saturated rings. The van der Waals surface area contributed by atoms with E-state index in [9.17, 15) is 5.11 Å². The smallest absolute Gasteiger partial charge is 0.294 e. The molecule has 0 aromatic carbocycles. The Hall–Kier alpha value is -1.11. The van der Waals surface area contributed by atoms with Gasteiger partial charge in [0.1, 0.15) is 6.10 Å². The second-order valence-corrected chi connectivity index (χ2v) is 3.51. The molecular weight excluding hydrogens is 210 g/mol. The highest BCUT2D eigenvalue weighted by Crippen LogP contribution is 2.22. The Morgan fingerprint density at radius 3 is 2.69 bits per heavy atom. The number of aromatic nitrogens is 2. The van der Waals surface area contributed by atoms with E-state index >= 15 is 0 Å². The van der Waals surface area contributed by atoms with Gasteiger partial charge in [-0.05, 0) is 13.3 Å². The Bertz CT molecular complexity index is 327. The van der Waals surface area contributed by atoms with Crippen LogP contribution in [0, 0.1) is 0 Å². The van der Waals surface area contributed by atoms with Gasteiger partial charge in [-0.1, -0.05) is 6.92 Å². The van der Waals surface area contributed by atoms with Gasteiger partial charge in [0.15, 0.2) is 0 Å². The molecule has 0 radical (unpaired) electrons. The van der Waals surface area contributed by atoms with Crippen molar-refractivity contribution < 1.29 is 14.9 Å². The largest absolute Gasteiger partial charge is 0.465 e. The highest BCUT2D eigenvalue weighted by atomic mass is 16.5. The van der Waals surface area contributed by atoms with E-state index in [1.54, 1.807) is 0 Å². The Balaban J connectivity index is 2.92. The van der Waals surface area contributed by atoms with Crippen molar-refractivity contribution in [1.29, 1.82) is 0 Å². The number of ether oxygens (including phenoxy) is 1. The zero-order valence-electron chi connectivity index (χ0n) is 9.60. The molecule has 0 aliphatic heterocycles. The van der Waals surface area contributed by atoms with Crippen LogP contribution in [-0.4, -0.2) is 32.8 Å². The monoisotopic (exact) mass is 229 g/mol. The molecule has 0 aliphatic carbocycles. The van der Waals surface area contributed by atoms with Crippen molar-refractivity contribution in [2.75, 3.05) is 6.61 Å². The summed E-state index contributed by atoms with van der Waals surface area (Å²) in [6.45, 7) is 3.94. The van der Waals surface area contributed by atoms with Crippen LogP contribution in [0.25, 0.3) is 0 Å². The van der Waals surface area contributed by atoms with Gasteiger partial charge < -0.3 is 25.7 Å². The fraction of sp³-hybridized carbons (Fsp3) is 0.700. The minimum atomic E-state index is -0.891. The number of H-pyrrole nitrogens is 1. The second kappa shape index (κ2) is 5.83. The third-order valence-electron chi connectivity index (χ3n) is 2.39. The molecule has 1 aromatic rings. The molecule has 92 valence electrons. The van der Waals surface area contributed by atoms with Crippen LogP contribution >= 0.6 is 0 Å². The number of hydrogen-bond acceptors (Lipinski definition) is 5. The quantitative estimate of drug-likeness (QED) is 0.552. The van der Waals surface area contributed by atoms with Gasteiger partial charge in [-0.25, -0.2) is 0 Å². The molecule has 0 spiro atoms. The summed E-state index contributed by atoms with van der Waals surface area (Å²) in [5.41, 5.74) is 6.53. The van der Waals surface area contributed by atoms with Crippen LogP contribution in [0.1, 0.15) is 37.8 Å². The summed E-state index contributed by atoms with van der Waals surface area (Å²) in [6.07, 6.45) is -0.263. The number of nitrogens with zero attached hydrogens (tertiary/aromatic N) is 1. The van der Waals surface area contributed by atoms with Crippen LogP contribution in [0.5, 0.6) is 6.01 Å². The SMILES string of the molecule is CCOc1nc(C(O)C(N)CC)c(CO)[nH]1. The average Bonchev–Trinajstić information content (AvgIpc) is 2.70. The Kier molecular flexibility index (Phi) is 4.72. The summed E-state index contributed by atoms with van der Waals surface area (Å²) in [5, 5.41) is 19.0. The topological polar surface area (TPSA) is 104 Å². The molecule has 0 bridgehead atoms. The van der Waals surface area contributed by atoms with Crippen molar-refractivity contribution >= 4 is 0 Å². The molecule has 6 heteroatoms. The van der Waals surface area contributed by atoms with Crippen LogP contribution in [0.3, 0.4) is 0 Å². The molecule has 0 amide bonds. The summed E-state index contributed by atoms with van der Waals surface area (Å²) in [7, 11) is 0. The molecule has 2 unspecified atom stereocenters. The van der Waals surface area contributed by atoms with Crippen LogP contribution in [-0.2, 0) is 6.61 Å². The van der Waals surface area contributed by atoms with Gasteiger partial charge in [0.2, 0.25) is 0 Å². The number of imidazole rings is 1. The standard InChI is InChI=1S/C10H19N3O3/c1-3-6(11)9(15)8-7(5-14)12-10(13-8)16-4-2/h6,9,14-15H,3-5,11H2,1-2H3,(H,12,13). The second-order valence-electron chi connectivity index (χ2n) is 3.51. The number of nitrogens with two attached hydrogens (primary N) is 1. The number of aliphatic hydroxyl groups excluding tert-OH is 2. The van der Waals surface area contributed by atoms with Crippen molar-refractivity contribution in [1.82, 2.24) is 9.97 Å². The first-order valence-corrected chi connectivity index (χ1v) is 5.40. The highest BCUT2D eigenvalue weighted by molar-refractivity contribution is 5.20. The van der Waals surface area contributed by atoms with Gasteiger partial charge in [-0.2, -0.15) is 4.98 Å². The maximum absolute atomic E-state index is 9.91. The van der Waals surface area contributed by atoms with E-state index in [0.717, 1.165) is 0 Å². The highest BCUT2D eigenvalue weighted by Gasteiger charge is 2.22. The predicted octanol–water partition coefficient (Wildman–Crippen LogP) is 0.0714. The lowest BCUT2D eigenvalue weighted by Gasteiger charge is -2.15. The van der Waals surface area contributed by atoms with E-state index in [0.29, 0.717) is 30.4 Å². The zero-order chi connectivity index (χ0) is 12.1. The summed E-state index contributed by atoms with van der Waals surface area (Å²) in [6, 6.07) is -0.105. The van der Waals surface area contributed by atoms with Crippen molar-refractivity contribution in [3.8, 4) is 6.01 Å². The molecule has 0 saturated heterocycles. The average molecular weight is 229 g/mol. The van der Waals surface area contributed by atoms with E-state index in [1.807, 2.05) is 13.8 Å². The van der Waals surface area contributed by atoms with Gasteiger partial charge in [0.25, 0.3) is 6.01 Å². The Labute approximate surface area is 94.5 Å². The maximum atomic E-state index is 9.91. The fourth-order valence-electron chi connectivity index (χ4n) is 1.39. The molecule has 0 saturated carbocycles. The molecule has 5 N–H and O–H groups in total. The molecule has 1 aromatic heterocycles. The first-order chi connectivity index (χ1) is 7.63. The minimum absolute atomic E-state index is 0.233. The maximum Gasteiger partial charge on any atom is 0.294 e. The first-order valence-electron chi connectivity index (χ1n) is 5.40. The fourth-order valence-corrected chi connectivity index (χ4v) is 1.39. The lowest BCUT2D eigenvalue weighted by Crippen LogP contribution is -2.28. The number of nitrogens with one attached hydrogen (secondary N) is 1. The Morgan fingerprint density at radius 2 is 2.19 bits per heavy atom. The van der Waals surface area contributed by atoms with E-state index in [1.165, 1.54) is 0 Å². The molecule has 1 heterocycles. The lowest BCUT2D eigenvalue weighted by atomic mass is 10.1. The predicted molar refractivity (Wildman–Crippen MR) is 58.9 cm³/mol.